The minimum absolute atomic E-state index is 0.183. The Hall–Kier alpha value is -1.17. The average Bonchev–Trinajstić information content (AvgIpc) is 2.17. The molecule has 2 rings (SSSR count). The number of alkyl halides is 3. The molecule has 1 aromatic rings. The van der Waals surface area contributed by atoms with E-state index in [1.54, 1.807) is 6.92 Å². The van der Waals surface area contributed by atoms with Crippen LogP contribution in [-0.4, -0.2) is 11.2 Å². The molecule has 86 valence electrons. The number of fused-ring (bicyclic) bond motifs is 1. The molecule has 0 saturated carbocycles. The highest BCUT2D eigenvalue weighted by Gasteiger charge is 2.32. The number of rotatable bonds is 0. The predicted octanol–water partition coefficient (Wildman–Crippen LogP) is 3.14. The van der Waals surface area contributed by atoms with E-state index in [0.29, 0.717) is 10.6 Å². The van der Waals surface area contributed by atoms with Gasteiger partial charge in [0.15, 0.2) is 0 Å². The van der Waals surface area contributed by atoms with E-state index in [2.05, 4.69) is 5.32 Å². The third-order valence-electron chi connectivity index (χ3n) is 2.24. The SMILES string of the molecule is CC1Sc2cc(C(F)(F)F)ccc2NC1=O. The van der Waals surface area contributed by atoms with Crippen LogP contribution in [0.1, 0.15) is 12.5 Å². The second kappa shape index (κ2) is 3.69. The molecular weight excluding hydrogens is 239 g/mol. The van der Waals surface area contributed by atoms with Crippen LogP contribution in [0.25, 0.3) is 0 Å². The summed E-state index contributed by atoms with van der Waals surface area (Å²) in [5, 5.41) is 2.20. The number of hydrogen-bond donors (Lipinski definition) is 1. The van der Waals surface area contributed by atoms with Crippen LogP contribution in [0.4, 0.5) is 18.9 Å². The Kier molecular flexibility index (Phi) is 2.61. The zero-order valence-corrected chi connectivity index (χ0v) is 9.08. The van der Waals surface area contributed by atoms with E-state index in [9.17, 15) is 18.0 Å². The molecule has 1 unspecified atom stereocenters. The van der Waals surface area contributed by atoms with Gasteiger partial charge in [-0.3, -0.25) is 4.79 Å². The van der Waals surface area contributed by atoms with E-state index in [1.165, 1.54) is 6.07 Å². The lowest BCUT2D eigenvalue weighted by Crippen LogP contribution is -2.26. The summed E-state index contributed by atoms with van der Waals surface area (Å²) in [6.07, 6.45) is -4.35. The zero-order valence-electron chi connectivity index (χ0n) is 8.26. The van der Waals surface area contributed by atoms with Crippen molar-refractivity contribution in [2.75, 3.05) is 5.32 Å². The summed E-state index contributed by atoms with van der Waals surface area (Å²) in [6.45, 7) is 1.66. The van der Waals surface area contributed by atoms with Gasteiger partial charge >= 0.3 is 6.18 Å². The molecule has 1 aliphatic heterocycles. The van der Waals surface area contributed by atoms with Gasteiger partial charge in [-0.05, 0) is 25.1 Å². The van der Waals surface area contributed by atoms with Gasteiger partial charge in [0.25, 0.3) is 0 Å². The normalized spacial score (nSPS) is 20.2. The van der Waals surface area contributed by atoms with Crippen LogP contribution in [0.5, 0.6) is 0 Å². The highest BCUT2D eigenvalue weighted by molar-refractivity contribution is 8.00. The van der Waals surface area contributed by atoms with Crippen molar-refractivity contribution in [2.45, 2.75) is 23.2 Å². The van der Waals surface area contributed by atoms with E-state index in [1.807, 2.05) is 0 Å². The summed E-state index contributed by atoms with van der Waals surface area (Å²) in [5.41, 5.74) is -0.247. The number of thioether (sulfide) groups is 1. The van der Waals surface area contributed by atoms with E-state index in [0.717, 1.165) is 23.9 Å². The number of benzene rings is 1. The highest BCUT2D eigenvalue weighted by Crippen LogP contribution is 2.39. The van der Waals surface area contributed by atoms with E-state index in [-0.39, 0.29) is 11.2 Å². The summed E-state index contributed by atoms with van der Waals surface area (Å²) < 4.78 is 37.3. The first kappa shape index (κ1) is 11.3. The van der Waals surface area contributed by atoms with Crippen LogP contribution >= 0.6 is 11.8 Å². The number of anilines is 1. The van der Waals surface area contributed by atoms with E-state index < -0.39 is 11.7 Å². The molecule has 1 aliphatic rings. The van der Waals surface area contributed by atoms with E-state index >= 15 is 0 Å². The lowest BCUT2D eigenvalue weighted by atomic mass is 10.2. The maximum absolute atomic E-state index is 12.4. The second-order valence-electron chi connectivity index (χ2n) is 3.46. The van der Waals surface area contributed by atoms with Gasteiger partial charge in [0.05, 0.1) is 16.5 Å². The smallest absolute Gasteiger partial charge is 0.324 e. The molecule has 0 fully saturated rings. The molecule has 16 heavy (non-hydrogen) atoms. The van der Waals surface area contributed by atoms with Gasteiger partial charge in [-0.1, -0.05) is 0 Å². The van der Waals surface area contributed by atoms with Crippen molar-refractivity contribution in [2.24, 2.45) is 0 Å². The first-order chi connectivity index (χ1) is 7.38. The lowest BCUT2D eigenvalue weighted by Gasteiger charge is -2.22. The standard InChI is InChI=1S/C10H8F3NOS/c1-5-9(15)14-7-3-2-6(10(11,12)13)4-8(7)16-5/h2-5H,1H3,(H,14,15). The molecule has 0 saturated heterocycles. The Bertz CT molecular complexity index is 444. The van der Waals surface area contributed by atoms with Gasteiger partial charge in [-0.15, -0.1) is 11.8 Å². The van der Waals surface area contributed by atoms with Crippen molar-refractivity contribution in [1.29, 1.82) is 0 Å². The first-order valence-corrected chi connectivity index (χ1v) is 5.44. The molecule has 6 heteroatoms. The van der Waals surface area contributed by atoms with Crippen LogP contribution < -0.4 is 5.32 Å². The number of halogens is 3. The summed E-state index contributed by atoms with van der Waals surface area (Å²) in [4.78, 5) is 11.7. The number of carbonyl (C=O) groups excluding carboxylic acids is 1. The Morgan fingerprint density at radius 1 is 1.38 bits per heavy atom. The van der Waals surface area contributed by atoms with E-state index in [4.69, 9.17) is 0 Å². The fourth-order valence-corrected chi connectivity index (χ4v) is 2.37. The number of hydrogen-bond acceptors (Lipinski definition) is 2. The average molecular weight is 247 g/mol. The van der Waals surface area contributed by atoms with Crippen LogP contribution in [0, 0.1) is 0 Å². The van der Waals surface area contributed by atoms with Gasteiger partial charge in [0, 0.05) is 4.90 Å². The van der Waals surface area contributed by atoms with Gasteiger partial charge in [0.2, 0.25) is 5.91 Å². The summed E-state index contributed by atoms with van der Waals surface area (Å²) in [7, 11) is 0. The Morgan fingerprint density at radius 3 is 2.69 bits per heavy atom. The fraction of sp³-hybridized carbons (Fsp3) is 0.300. The van der Waals surface area contributed by atoms with Gasteiger partial charge in [-0.25, -0.2) is 0 Å². The quantitative estimate of drug-likeness (QED) is 0.763. The van der Waals surface area contributed by atoms with Crippen LogP contribution in [0.3, 0.4) is 0 Å². The van der Waals surface area contributed by atoms with Crippen LogP contribution in [0.2, 0.25) is 0 Å². The topological polar surface area (TPSA) is 29.1 Å². The summed E-state index contributed by atoms with van der Waals surface area (Å²) in [6, 6.07) is 3.32. The summed E-state index contributed by atoms with van der Waals surface area (Å²) >= 11 is 1.14. The van der Waals surface area contributed by atoms with Crippen molar-refractivity contribution in [3.05, 3.63) is 23.8 Å². The second-order valence-corrected chi connectivity index (χ2v) is 4.84. The molecule has 1 amide bonds. The molecule has 0 aromatic heterocycles. The minimum atomic E-state index is -4.35. The maximum atomic E-state index is 12.4. The molecule has 1 aromatic carbocycles. The van der Waals surface area contributed by atoms with Crippen molar-refractivity contribution in [3.63, 3.8) is 0 Å². The van der Waals surface area contributed by atoms with Crippen molar-refractivity contribution in [3.8, 4) is 0 Å². The maximum Gasteiger partial charge on any atom is 0.416 e. The molecule has 1 N–H and O–H groups in total. The Labute approximate surface area is 94.2 Å². The summed E-state index contributed by atoms with van der Waals surface area (Å²) in [5.74, 6) is -0.183. The van der Waals surface area contributed by atoms with Crippen LogP contribution in [0.15, 0.2) is 23.1 Å². The third kappa shape index (κ3) is 2.02. The molecule has 0 aliphatic carbocycles. The number of carbonyl (C=O) groups is 1. The molecule has 1 heterocycles. The fourth-order valence-electron chi connectivity index (χ4n) is 1.38. The number of nitrogens with one attached hydrogen (secondary N) is 1. The molecule has 1 atom stereocenters. The first-order valence-electron chi connectivity index (χ1n) is 4.56. The largest absolute Gasteiger partial charge is 0.416 e. The Morgan fingerprint density at radius 2 is 2.06 bits per heavy atom. The van der Waals surface area contributed by atoms with Gasteiger partial charge in [0.1, 0.15) is 0 Å². The molecule has 0 bridgehead atoms. The van der Waals surface area contributed by atoms with Gasteiger partial charge < -0.3 is 5.32 Å². The van der Waals surface area contributed by atoms with Crippen molar-refractivity contribution in [1.82, 2.24) is 0 Å². The lowest BCUT2D eigenvalue weighted by molar-refractivity contribution is -0.137. The predicted molar refractivity (Wildman–Crippen MR) is 55.4 cm³/mol. The van der Waals surface area contributed by atoms with Crippen LogP contribution in [-0.2, 0) is 11.0 Å². The van der Waals surface area contributed by atoms with Gasteiger partial charge in [-0.2, -0.15) is 13.2 Å². The monoisotopic (exact) mass is 247 g/mol. The Balaban J connectivity index is 2.40. The van der Waals surface area contributed by atoms with Crippen molar-refractivity contribution >= 4 is 23.4 Å². The number of amides is 1. The molecular formula is C10H8F3NOS. The molecule has 0 spiro atoms. The molecule has 0 radical (unpaired) electrons. The van der Waals surface area contributed by atoms with Crippen molar-refractivity contribution < 1.29 is 18.0 Å². The molecule has 2 nitrogen and oxygen atoms in total. The zero-order chi connectivity index (χ0) is 11.9. The third-order valence-corrected chi connectivity index (χ3v) is 3.40. The minimum Gasteiger partial charge on any atom is -0.324 e. The highest BCUT2D eigenvalue weighted by atomic mass is 32.2.